The van der Waals surface area contributed by atoms with E-state index in [1.165, 1.54) is 24.3 Å². The van der Waals surface area contributed by atoms with Crippen LogP contribution in [0.5, 0.6) is 0 Å². The molecule has 2 amide bonds. The standard InChI is InChI=1S/C19H21FN4O2/c1-3-18(22-19(25)21-17-11-9-16(20)10-12-17)26-24-23-14(2)13-15-7-5-4-6-8-15/h3-12,14H,13H2,1-2H3,(H2,21,22,25)/b18-3-,24-23?. The number of anilines is 1. The number of carbonyl (C=O) groups excluding carboxylic acids is 1. The number of hydrogen-bond acceptors (Lipinski definition) is 4. The fourth-order valence-corrected chi connectivity index (χ4v) is 2.10. The fourth-order valence-electron chi connectivity index (χ4n) is 2.10. The molecule has 6 nitrogen and oxygen atoms in total. The summed E-state index contributed by atoms with van der Waals surface area (Å²) in [4.78, 5) is 17.0. The highest BCUT2D eigenvalue weighted by atomic mass is 19.1. The van der Waals surface area contributed by atoms with E-state index < -0.39 is 6.03 Å². The van der Waals surface area contributed by atoms with Crippen molar-refractivity contribution in [3.8, 4) is 0 Å². The zero-order chi connectivity index (χ0) is 18.8. The van der Waals surface area contributed by atoms with Crippen LogP contribution in [0.25, 0.3) is 0 Å². The Morgan fingerprint density at radius 1 is 1.19 bits per heavy atom. The van der Waals surface area contributed by atoms with Crippen molar-refractivity contribution in [1.82, 2.24) is 5.32 Å². The number of nitrogens with zero attached hydrogens (tertiary/aromatic N) is 2. The van der Waals surface area contributed by atoms with E-state index in [-0.39, 0.29) is 17.7 Å². The summed E-state index contributed by atoms with van der Waals surface area (Å²) in [5.74, 6) is -0.237. The molecule has 26 heavy (non-hydrogen) atoms. The number of carbonyl (C=O) groups is 1. The van der Waals surface area contributed by atoms with E-state index in [4.69, 9.17) is 4.84 Å². The first-order valence-electron chi connectivity index (χ1n) is 8.18. The Balaban J connectivity index is 1.79. The molecule has 0 aliphatic rings. The van der Waals surface area contributed by atoms with Gasteiger partial charge in [-0.15, -0.1) is 5.11 Å². The zero-order valence-electron chi connectivity index (χ0n) is 14.6. The summed E-state index contributed by atoms with van der Waals surface area (Å²) in [7, 11) is 0. The van der Waals surface area contributed by atoms with Crippen LogP contribution in [0, 0.1) is 5.82 Å². The molecule has 0 saturated heterocycles. The van der Waals surface area contributed by atoms with Crippen molar-refractivity contribution in [2.75, 3.05) is 5.32 Å². The molecule has 2 aromatic rings. The first-order valence-corrected chi connectivity index (χ1v) is 8.18. The van der Waals surface area contributed by atoms with Crippen LogP contribution in [0.3, 0.4) is 0 Å². The largest absolute Gasteiger partial charge is 0.326 e. The van der Waals surface area contributed by atoms with Crippen molar-refractivity contribution in [2.24, 2.45) is 10.4 Å². The van der Waals surface area contributed by atoms with Crippen LogP contribution in [-0.2, 0) is 11.3 Å². The second-order valence-corrected chi connectivity index (χ2v) is 5.57. The van der Waals surface area contributed by atoms with Crippen molar-refractivity contribution in [3.63, 3.8) is 0 Å². The van der Waals surface area contributed by atoms with E-state index in [0.717, 1.165) is 12.0 Å². The van der Waals surface area contributed by atoms with Gasteiger partial charge in [0.2, 0.25) is 5.88 Å². The van der Waals surface area contributed by atoms with Gasteiger partial charge < -0.3 is 10.2 Å². The Morgan fingerprint density at radius 3 is 2.54 bits per heavy atom. The summed E-state index contributed by atoms with van der Waals surface area (Å²) in [6, 6.07) is 14.8. The quantitative estimate of drug-likeness (QED) is 0.424. The topological polar surface area (TPSA) is 75.1 Å². The van der Waals surface area contributed by atoms with Crippen LogP contribution in [0.2, 0.25) is 0 Å². The molecule has 0 radical (unpaired) electrons. The third-order valence-electron chi connectivity index (χ3n) is 3.36. The molecular formula is C19H21FN4O2. The summed E-state index contributed by atoms with van der Waals surface area (Å²) in [6.45, 7) is 3.61. The normalized spacial score (nSPS) is 12.7. The Hall–Kier alpha value is -3.22. The SMILES string of the molecule is C/C=C(/NC(=O)Nc1ccc(F)cc1)ON=NC(C)Cc1ccccc1. The van der Waals surface area contributed by atoms with Crippen LogP contribution in [0.1, 0.15) is 19.4 Å². The molecule has 0 aromatic heterocycles. The second kappa shape index (κ2) is 9.93. The predicted octanol–water partition coefficient (Wildman–Crippen LogP) is 4.82. The van der Waals surface area contributed by atoms with Gasteiger partial charge >= 0.3 is 6.03 Å². The average Bonchev–Trinajstić information content (AvgIpc) is 2.63. The second-order valence-electron chi connectivity index (χ2n) is 5.57. The summed E-state index contributed by atoms with van der Waals surface area (Å²) >= 11 is 0. The third kappa shape index (κ3) is 6.72. The number of benzene rings is 2. The molecule has 1 unspecified atom stereocenters. The van der Waals surface area contributed by atoms with Crippen LogP contribution >= 0.6 is 0 Å². The number of urea groups is 1. The lowest BCUT2D eigenvalue weighted by Gasteiger charge is -2.09. The maximum Gasteiger partial charge on any atom is 0.326 e. The highest BCUT2D eigenvalue weighted by Gasteiger charge is 2.06. The Labute approximate surface area is 151 Å². The van der Waals surface area contributed by atoms with Gasteiger partial charge in [0.05, 0.1) is 6.04 Å². The molecule has 7 heteroatoms. The first kappa shape index (κ1) is 19.1. The van der Waals surface area contributed by atoms with E-state index in [2.05, 4.69) is 21.0 Å². The molecular weight excluding hydrogens is 335 g/mol. The molecule has 0 fully saturated rings. The first-order chi connectivity index (χ1) is 12.6. The number of hydrogen-bond donors (Lipinski definition) is 2. The molecule has 1 atom stereocenters. The van der Waals surface area contributed by atoms with Crippen molar-refractivity contribution in [1.29, 1.82) is 0 Å². The van der Waals surface area contributed by atoms with E-state index in [9.17, 15) is 9.18 Å². The molecule has 0 spiro atoms. The number of allylic oxidation sites excluding steroid dienone is 1. The van der Waals surface area contributed by atoms with Gasteiger partial charge in [-0.25, -0.2) is 9.18 Å². The predicted molar refractivity (Wildman–Crippen MR) is 97.9 cm³/mol. The molecule has 0 aliphatic heterocycles. The summed E-state index contributed by atoms with van der Waals surface area (Å²) < 4.78 is 12.9. The Bertz CT molecular complexity index is 761. The highest BCUT2D eigenvalue weighted by molar-refractivity contribution is 5.90. The van der Waals surface area contributed by atoms with Gasteiger partial charge in [0, 0.05) is 11.0 Å². The fraction of sp³-hybridized carbons (Fsp3) is 0.211. The van der Waals surface area contributed by atoms with Gasteiger partial charge in [0.15, 0.2) is 0 Å². The number of nitrogens with one attached hydrogen (secondary N) is 2. The van der Waals surface area contributed by atoms with E-state index in [1.807, 2.05) is 37.3 Å². The molecule has 0 saturated carbocycles. The number of amides is 2. The minimum Gasteiger partial charge on any atom is -0.321 e. The van der Waals surface area contributed by atoms with Crippen molar-refractivity contribution < 1.29 is 14.0 Å². The van der Waals surface area contributed by atoms with Crippen LogP contribution in [-0.4, -0.2) is 12.1 Å². The Kier molecular flexibility index (Phi) is 7.30. The van der Waals surface area contributed by atoms with Gasteiger partial charge in [-0.05, 0) is 56.2 Å². The maximum atomic E-state index is 12.9. The summed E-state index contributed by atoms with van der Waals surface area (Å²) in [6.07, 6.45) is 2.28. The van der Waals surface area contributed by atoms with E-state index in [1.54, 1.807) is 13.0 Å². The van der Waals surface area contributed by atoms with Gasteiger partial charge in [-0.2, -0.15) is 0 Å². The minimum atomic E-state index is -0.530. The van der Waals surface area contributed by atoms with Gasteiger partial charge in [0.25, 0.3) is 0 Å². The lowest BCUT2D eigenvalue weighted by Crippen LogP contribution is -2.28. The molecule has 136 valence electrons. The number of rotatable bonds is 7. The van der Waals surface area contributed by atoms with E-state index >= 15 is 0 Å². The van der Waals surface area contributed by atoms with Crippen LogP contribution in [0.15, 0.2) is 76.9 Å². The third-order valence-corrected chi connectivity index (χ3v) is 3.36. The number of halogens is 1. The molecule has 0 heterocycles. The Morgan fingerprint density at radius 2 is 1.88 bits per heavy atom. The van der Waals surface area contributed by atoms with Crippen LogP contribution in [0.4, 0.5) is 14.9 Å². The minimum absolute atomic E-state index is 0.0662. The van der Waals surface area contributed by atoms with Gasteiger partial charge in [0.1, 0.15) is 5.82 Å². The molecule has 0 aliphatic carbocycles. The molecule has 2 rings (SSSR count). The van der Waals surface area contributed by atoms with Crippen molar-refractivity contribution in [2.45, 2.75) is 26.3 Å². The molecule has 0 bridgehead atoms. The molecule has 2 aromatic carbocycles. The molecule has 2 N–H and O–H groups in total. The lowest BCUT2D eigenvalue weighted by molar-refractivity contribution is 0.175. The maximum absolute atomic E-state index is 12.9. The summed E-state index contributed by atoms with van der Waals surface area (Å²) in [5.41, 5.74) is 1.61. The van der Waals surface area contributed by atoms with Gasteiger partial charge in [-0.1, -0.05) is 30.3 Å². The van der Waals surface area contributed by atoms with Gasteiger partial charge in [-0.3, -0.25) is 5.32 Å². The van der Waals surface area contributed by atoms with Crippen LogP contribution < -0.4 is 10.6 Å². The highest BCUT2D eigenvalue weighted by Crippen LogP contribution is 2.09. The monoisotopic (exact) mass is 356 g/mol. The summed E-state index contributed by atoms with van der Waals surface area (Å²) in [5, 5.41) is 12.8. The smallest absolute Gasteiger partial charge is 0.321 e. The average molecular weight is 356 g/mol. The van der Waals surface area contributed by atoms with E-state index in [0.29, 0.717) is 5.69 Å². The lowest BCUT2D eigenvalue weighted by atomic mass is 10.1. The zero-order valence-corrected chi connectivity index (χ0v) is 14.6. The van der Waals surface area contributed by atoms with Crippen molar-refractivity contribution in [3.05, 3.63) is 77.9 Å². The van der Waals surface area contributed by atoms with Crippen molar-refractivity contribution >= 4 is 11.7 Å².